The summed E-state index contributed by atoms with van der Waals surface area (Å²) in [6.07, 6.45) is 4.00. The van der Waals surface area contributed by atoms with Crippen LogP contribution in [0.4, 0.5) is 0 Å². The standard InChI is InChI=1S/C16H36N2/c1-8-9-10-11-18(14(4)5)16(7)15(6)12-17-13(2)3/h13-17H,8-12H2,1-7H3. The molecule has 0 radical (unpaired) electrons. The minimum atomic E-state index is 0.590. The van der Waals surface area contributed by atoms with Crippen molar-refractivity contribution in [3.63, 3.8) is 0 Å². The summed E-state index contributed by atoms with van der Waals surface area (Å²) in [4.78, 5) is 2.67. The molecule has 0 rings (SSSR count). The molecule has 0 aliphatic rings. The van der Waals surface area contributed by atoms with E-state index in [-0.39, 0.29) is 0 Å². The van der Waals surface area contributed by atoms with E-state index in [2.05, 4.69) is 58.7 Å². The van der Waals surface area contributed by atoms with Crippen LogP contribution in [-0.4, -0.2) is 36.1 Å². The Hall–Kier alpha value is -0.0800. The minimum Gasteiger partial charge on any atom is -0.314 e. The quantitative estimate of drug-likeness (QED) is 0.596. The van der Waals surface area contributed by atoms with Gasteiger partial charge in [-0.1, -0.05) is 40.5 Å². The van der Waals surface area contributed by atoms with Gasteiger partial charge in [0.1, 0.15) is 0 Å². The van der Waals surface area contributed by atoms with Crippen molar-refractivity contribution in [1.29, 1.82) is 0 Å². The molecule has 2 nitrogen and oxygen atoms in total. The first-order valence-electron chi connectivity index (χ1n) is 7.89. The molecule has 0 saturated carbocycles. The fourth-order valence-corrected chi connectivity index (χ4v) is 2.40. The second-order valence-electron chi connectivity index (χ2n) is 6.32. The molecule has 0 spiro atoms. The van der Waals surface area contributed by atoms with Crippen molar-refractivity contribution in [2.45, 2.75) is 85.9 Å². The molecular formula is C16H36N2. The fraction of sp³-hybridized carbons (Fsp3) is 1.00. The van der Waals surface area contributed by atoms with Gasteiger partial charge in [-0.3, -0.25) is 4.90 Å². The summed E-state index contributed by atoms with van der Waals surface area (Å²) in [5.41, 5.74) is 0. The maximum absolute atomic E-state index is 3.56. The summed E-state index contributed by atoms with van der Waals surface area (Å²) in [6, 6.07) is 1.90. The molecule has 0 aliphatic carbocycles. The zero-order valence-corrected chi connectivity index (χ0v) is 13.8. The molecule has 2 atom stereocenters. The predicted octanol–water partition coefficient (Wildman–Crippen LogP) is 3.91. The van der Waals surface area contributed by atoms with Crippen molar-refractivity contribution in [2.75, 3.05) is 13.1 Å². The molecule has 0 aromatic carbocycles. The molecule has 110 valence electrons. The van der Waals surface area contributed by atoms with Crippen LogP contribution in [0.1, 0.15) is 67.7 Å². The van der Waals surface area contributed by atoms with Crippen molar-refractivity contribution >= 4 is 0 Å². The average Bonchev–Trinajstić information content (AvgIpc) is 2.30. The summed E-state index contributed by atoms with van der Waals surface area (Å²) >= 11 is 0. The molecule has 0 aromatic rings. The molecular weight excluding hydrogens is 220 g/mol. The lowest BCUT2D eigenvalue weighted by atomic mass is 9.99. The Morgan fingerprint density at radius 2 is 1.56 bits per heavy atom. The Labute approximate surface area is 116 Å². The summed E-state index contributed by atoms with van der Waals surface area (Å²) in [6.45, 7) is 18.5. The van der Waals surface area contributed by atoms with E-state index in [0.29, 0.717) is 24.0 Å². The second kappa shape index (κ2) is 9.80. The lowest BCUT2D eigenvalue weighted by Crippen LogP contribution is -2.46. The molecule has 0 aliphatic heterocycles. The van der Waals surface area contributed by atoms with Crippen LogP contribution >= 0.6 is 0 Å². The number of hydrogen-bond donors (Lipinski definition) is 1. The van der Waals surface area contributed by atoms with Crippen molar-refractivity contribution < 1.29 is 0 Å². The first kappa shape index (κ1) is 17.9. The Morgan fingerprint density at radius 3 is 2.00 bits per heavy atom. The SMILES string of the molecule is CCCCCN(C(C)C)C(C)C(C)CNC(C)C. The van der Waals surface area contributed by atoms with Crippen molar-refractivity contribution in [3.8, 4) is 0 Å². The summed E-state index contributed by atoms with van der Waals surface area (Å²) < 4.78 is 0. The molecule has 0 saturated heterocycles. The monoisotopic (exact) mass is 256 g/mol. The Kier molecular flexibility index (Phi) is 9.76. The number of hydrogen-bond acceptors (Lipinski definition) is 2. The van der Waals surface area contributed by atoms with Gasteiger partial charge in [0.2, 0.25) is 0 Å². The smallest absolute Gasteiger partial charge is 0.0107 e. The highest BCUT2D eigenvalue weighted by molar-refractivity contribution is 4.77. The molecule has 18 heavy (non-hydrogen) atoms. The second-order valence-corrected chi connectivity index (χ2v) is 6.32. The maximum Gasteiger partial charge on any atom is 0.0107 e. The topological polar surface area (TPSA) is 15.3 Å². The van der Waals surface area contributed by atoms with Gasteiger partial charge in [0.05, 0.1) is 0 Å². The highest BCUT2D eigenvalue weighted by Crippen LogP contribution is 2.15. The van der Waals surface area contributed by atoms with Crippen LogP contribution in [0.2, 0.25) is 0 Å². The van der Waals surface area contributed by atoms with Crippen LogP contribution < -0.4 is 5.32 Å². The zero-order chi connectivity index (χ0) is 14.1. The van der Waals surface area contributed by atoms with Gasteiger partial charge in [-0.2, -0.15) is 0 Å². The normalized spacial score (nSPS) is 15.7. The lowest BCUT2D eigenvalue weighted by Gasteiger charge is -2.36. The highest BCUT2D eigenvalue weighted by atomic mass is 15.2. The summed E-state index contributed by atoms with van der Waals surface area (Å²) in [7, 11) is 0. The van der Waals surface area contributed by atoms with E-state index in [1.54, 1.807) is 0 Å². The predicted molar refractivity (Wildman–Crippen MR) is 83.1 cm³/mol. The van der Waals surface area contributed by atoms with Crippen LogP contribution in [-0.2, 0) is 0 Å². The number of nitrogens with zero attached hydrogens (tertiary/aromatic N) is 1. The summed E-state index contributed by atoms with van der Waals surface area (Å²) in [5.74, 6) is 0.705. The van der Waals surface area contributed by atoms with Gasteiger partial charge in [0.15, 0.2) is 0 Å². The number of rotatable bonds is 10. The third-order valence-electron chi connectivity index (χ3n) is 3.88. The van der Waals surface area contributed by atoms with E-state index in [1.807, 2.05) is 0 Å². The Balaban J connectivity index is 4.22. The molecule has 2 unspecified atom stereocenters. The first-order chi connectivity index (χ1) is 8.40. The zero-order valence-electron chi connectivity index (χ0n) is 13.8. The Bertz CT molecular complexity index is 190. The molecule has 0 fully saturated rings. The Morgan fingerprint density at radius 1 is 0.944 bits per heavy atom. The number of nitrogens with one attached hydrogen (secondary N) is 1. The third kappa shape index (κ3) is 7.38. The number of unbranched alkanes of at least 4 members (excludes halogenated alkanes) is 2. The lowest BCUT2D eigenvalue weighted by molar-refractivity contribution is 0.120. The largest absolute Gasteiger partial charge is 0.314 e. The van der Waals surface area contributed by atoms with Gasteiger partial charge in [-0.15, -0.1) is 0 Å². The van der Waals surface area contributed by atoms with E-state index in [4.69, 9.17) is 0 Å². The van der Waals surface area contributed by atoms with Crippen LogP contribution in [0.25, 0.3) is 0 Å². The third-order valence-corrected chi connectivity index (χ3v) is 3.88. The average molecular weight is 256 g/mol. The fourth-order valence-electron chi connectivity index (χ4n) is 2.40. The van der Waals surface area contributed by atoms with Crippen molar-refractivity contribution in [2.24, 2.45) is 5.92 Å². The van der Waals surface area contributed by atoms with Crippen LogP contribution in [0.15, 0.2) is 0 Å². The van der Waals surface area contributed by atoms with E-state index in [9.17, 15) is 0 Å². The van der Waals surface area contributed by atoms with E-state index < -0.39 is 0 Å². The highest BCUT2D eigenvalue weighted by Gasteiger charge is 2.21. The van der Waals surface area contributed by atoms with Crippen LogP contribution in [0.3, 0.4) is 0 Å². The van der Waals surface area contributed by atoms with Gasteiger partial charge in [-0.25, -0.2) is 0 Å². The molecule has 1 N–H and O–H groups in total. The summed E-state index contributed by atoms with van der Waals surface area (Å²) in [5, 5.41) is 3.56. The van der Waals surface area contributed by atoms with Gasteiger partial charge < -0.3 is 5.32 Å². The van der Waals surface area contributed by atoms with Gasteiger partial charge in [0, 0.05) is 18.1 Å². The first-order valence-corrected chi connectivity index (χ1v) is 7.89. The molecule has 0 heterocycles. The van der Waals surface area contributed by atoms with Gasteiger partial charge >= 0.3 is 0 Å². The van der Waals surface area contributed by atoms with E-state index in [1.165, 1.54) is 25.8 Å². The van der Waals surface area contributed by atoms with E-state index in [0.717, 1.165) is 6.54 Å². The van der Waals surface area contributed by atoms with Gasteiger partial charge in [-0.05, 0) is 46.2 Å². The maximum atomic E-state index is 3.56. The van der Waals surface area contributed by atoms with Gasteiger partial charge in [0.25, 0.3) is 0 Å². The van der Waals surface area contributed by atoms with E-state index >= 15 is 0 Å². The molecule has 2 heteroatoms. The molecule has 0 bridgehead atoms. The minimum absolute atomic E-state index is 0.590. The molecule has 0 amide bonds. The van der Waals surface area contributed by atoms with Crippen molar-refractivity contribution in [1.82, 2.24) is 10.2 Å². The van der Waals surface area contributed by atoms with Crippen molar-refractivity contribution in [3.05, 3.63) is 0 Å². The van der Waals surface area contributed by atoms with Crippen LogP contribution in [0, 0.1) is 5.92 Å². The van der Waals surface area contributed by atoms with Crippen LogP contribution in [0.5, 0.6) is 0 Å². The molecule has 0 aromatic heterocycles.